The number of amides is 4. The van der Waals surface area contributed by atoms with E-state index in [0.717, 1.165) is 5.56 Å². The van der Waals surface area contributed by atoms with Crippen molar-refractivity contribution in [2.45, 2.75) is 6.42 Å². The highest BCUT2D eigenvalue weighted by molar-refractivity contribution is 7.13. The van der Waals surface area contributed by atoms with Crippen molar-refractivity contribution in [3.8, 4) is 11.5 Å². The molecule has 2 N–H and O–H groups in total. The first kappa shape index (κ1) is 26.6. The van der Waals surface area contributed by atoms with Crippen LogP contribution >= 0.6 is 11.3 Å². The van der Waals surface area contributed by atoms with E-state index in [1.807, 2.05) is 6.07 Å². The quantitative estimate of drug-likeness (QED) is 0.291. The van der Waals surface area contributed by atoms with Gasteiger partial charge in [0.1, 0.15) is 0 Å². The zero-order valence-corrected chi connectivity index (χ0v) is 22.4. The van der Waals surface area contributed by atoms with Crippen molar-refractivity contribution in [2.24, 2.45) is 0 Å². The second-order valence-electron chi connectivity index (χ2n) is 8.75. The maximum absolute atomic E-state index is 13.2. The lowest BCUT2D eigenvalue weighted by atomic mass is 10.0. The second-order valence-corrected chi connectivity index (χ2v) is 9.65. The molecule has 0 fully saturated rings. The van der Waals surface area contributed by atoms with Gasteiger partial charge in [-0.05, 0) is 54.4 Å². The normalized spacial score (nSPS) is 12.2. The first-order valence-electron chi connectivity index (χ1n) is 12.2. The maximum Gasteiger partial charge on any atom is 0.261 e. The Morgan fingerprint density at radius 3 is 2.40 bits per heavy atom. The molecule has 0 spiro atoms. The number of aromatic nitrogens is 1. The summed E-state index contributed by atoms with van der Waals surface area (Å²) < 4.78 is 10.6. The molecule has 0 unspecified atom stereocenters. The number of imide groups is 1. The molecule has 0 radical (unpaired) electrons. The van der Waals surface area contributed by atoms with Gasteiger partial charge in [-0.25, -0.2) is 4.98 Å². The maximum atomic E-state index is 13.2. The van der Waals surface area contributed by atoms with Gasteiger partial charge in [-0.2, -0.15) is 0 Å². The van der Waals surface area contributed by atoms with E-state index in [1.165, 1.54) is 41.5 Å². The molecule has 40 heavy (non-hydrogen) atoms. The molecule has 202 valence electrons. The largest absolute Gasteiger partial charge is 0.493 e. The molecule has 1 aliphatic rings. The Bertz CT molecular complexity index is 1620. The number of nitrogens with one attached hydrogen (secondary N) is 2. The molecular weight excluding hydrogens is 532 g/mol. The third-order valence-electron chi connectivity index (χ3n) is 6.38. The summed E-state index contributed by atoms with van der Waals surface area (Å²) in [6.45, 7) is 0.158. The number of hydrogen-bond acceptors (Lipinski definition) is 8. The Kier molecular flexibility index (Phi) is 7.56. The minimum atomic E-state index is -0.527. The van der Waals surface area contributed by atoms with Crippen molar-refractivity contribution in [1.82, 2.24) is 9.88 Å². The predicted octanol–water partition coefficient (Wildman–Crippen LogP) is 4.50. The van der Waals surface area contributed by atoms with Gasteiger partial charge >= 0.3 is 0 Å². The van der Waals surface area contributed by atoms with E-state index >= 15 is 0 Å². The second kappa shape index (κ2) is 11.4. The van der Waals surface area contributed by atoms with E-state index in [0.29, 0.717) is 28.7 Å². The summed E-state index contributed by atoms with van der Waals surface area (Å²) in [4.78, 5) is 57.2. The van der Waals surface area contributed by atoms with Crippen LogP contribution in [0.3, 0.4) is 0 Å². The van der Waals surface area contributed by atoms with E-state index < -0.39 is 23.6 Å². The van der Waals surface area contributed by atoms with Crippen molar-refractivity contribution < 1.29 is 28.7 Å². The highest BCUT2D eigenvalue weighted by atomic mass is 32.1. The van der Waals surface area contributed by atoms with Gasteiger partial charge in [-0.1, -0.05) is 18.2 Å². The molecule has 0 bridgehead atoms. The lowest BCUT2D eigenvalue weighted by Gasteiger charge is -2.14. The minimum absolute atomic E-state index is 0.153. The molecule has 0 aliphatic carbocycles. The van der Waals surface area contributed by atoms with Crippen LogP contribution in [0.15, 0.2) is 72.2 Å². The van der Waals surface area contributed by atoms with Gasteiger partial charge in [0.05, 0.1) is 36.6 Å². The molecular formula is C29H24N4O6S. The van der Waals surface area contributed by atoms with Crippen molar-refractivity contribution >= 4 is 45.8 Å². The Morgan fingerprint density at radius 2 is 1.65 bits per heavy atom. The zero-order chi connectivity index (χ0) is 28.2. The van der Waals surface area contributed by atoms with Gasteiger partial charge in [-0.3, -0.25) is 29.4 Å². The van der Waals surface area contributed by atoms with Crippen molar-refractivity contribution in [2.75, 3.05) is 31.4 Å². The topological polar surface area (TPSA) is 127 Å². The molecule has 0 saturated carbocycles. The van der Waals surface area contributed by atoms with Crippen LogP contribution in [0.4, 0.5) is 10.8 Å². The molecule has 10 nitrogen and oxygen atoms in total. The molecule has 4 aromatic rings. The number of fused-ring (bicyclic) bond motifs is 1. The molecule has 0 saturated heterocycles. The van der Waals surface area contributed by atoms with Gasteiger partial charge in [-0.15, -0.1) is 11.3 Å². The first-order valence-corrected chi connectivity index (χ1v) is 13.1. The van der Waals surface area contributed by atoms with Gasteiger partial charge < -0.3 is 14.8 Å². The number of hydrogen-bond donors (Lipinski definition) is 2. The van der Waals surface area contributed by atoms with E-state index in [2.05, 4.69) is 15.6 Å². The average molecular weight is 557 g/mol. The monoisotopic (exact) mass is 556 g/mol. The van der Waals surface area contributed by atoms with E-state index in [1.54, 1.807) is 55.1 Å². The third-order valence-corrected chi connectivity index (χ3v) is 7.07. The lowest BCUT2D eigenvalue weighted by Crippen LogP contribution is -2.31. The Hall–Kier alpha value is -5.03. The number of thiazole rings is 1. The number of ether oxygens (including phenoxy) is 2. The number of para-hydroxylation sites is 1. The number of methoxy groups -OCH3 is 2. The summed E-state index contributed by atoms with van der Waals surface area (Å²) in [7, 11) is 3.08. The van der Waals surface area contributed by atoms with E-state index in [9.17, 15) is 19.2 Å². The van der Waals surface area contributed by atoms with Gasteiger partial charge in [0.2, 0.25) is 0 Å². The summed E-state index contributed by atoms with van der Waals surface area (Å²) in [5.74, 6) is -0.706. The fourth-order valence-electron chi connectivity index (χ4n) is 4.35. The smallest absolute Gasteiger partial charge is 0.261 e. The summed E-state index contributed by atoms with van der Waals surface area (Å²) in [5.41, 5.74) is 1.97. The minimum Gasteiger partial charge on any atom is -0.493 e. The van der Waals surface area contributed by atoms with Crippen molar-refractivity contribution in [1.29, 1.82) is 0 Å². The number of rotatable bonds is 9. The van der Waals surface area contributed by atoms with Crippen LogP contribution < -0.4 is 20.1 Å². The molecule has 0 atom stereocenters. The van der Waals surface area contributed by atoms with Crippen molar-refractivity contribution in [3.63, 3.8) is 0 Å². The van der Waals surface area contributed by atoms with Crippen LogP contribution in [-0.2, 0) is 6.42 Å². The SMILES string of the molecule is COc1ccc(CCN2C(=O)c3ccc(C(=O)Nc4ccccc4C(=O)Nc4nccs4)cc3C2=O)cc1OC. The molecule has 4 amide bonds. The fraction of sp³-hybridized carbons (Fsp3) is 0.138. The molecule has 11 heteroatoms. The number of anilines is 2. The Labute approximate surface area is 233 Å². The third kappa shape index (κ3) is 5.27. The van der Waals surface area contributed by atoms with Crippen LogP contribution in [0.1, 0.15) is 47.0 Å². The number of nitrogens with zero attached hydrogens (tertiary/aromatic N) is 2. The number of carbonyl (C=O) groups excluding carboxylic acids is 4. The van der Waals surface area contributed by atoms with Gasteiger partial charge in [0.15, 0.2) is 16.6 Å². The summed E-state index contributed by atoms with van der Waals surface area (Å²) in [6, 6.07) is 16.3. The Balaban J connectivity index is 1.29. The first-order chi connectivity index (χ1) is 19.4. The van der Waals surface area contributed by atoms with Gasteiger partial charge in [0, 0.05) is 23.7 Å². The molecule has 3 aromatic carbocycles. The highest BCUT2D eigenvalue weighted by Crippen LogP contribution is 2.29. The Morgan fingerprint density at radius 1 is 0.875 bits per heavy atom. The molecule has 5 rings (SSSR count). The van der Waals surface area contributed by atoms with Crippen LogP contribution in [0.25, 0.3) is 0 Å². The van der Waals surface area contributed by atoms with E-state index in [-0.39, 0.29) is 28.8 Å². The van der Waals surface area contributed by atoms with Crippen molar-refractivity contribution in [3.05, 3.63) is 100 Å². The highest BCUT2D eigenvalue weighted by Gasteiger charge is 2.35. The molecule has 1 aromatic heterocycles. The molecule has 1 aliphatic heterocycles. The van der Waals surface area contributed by atoms with Crippen LogP contribution in [-0.4, -0.2) is 54.3 Å². The van der Waals surface area contributed by atoms with E-state index in [4.69, 9.17) is 9.47 Å². The summed E-state index contributed by atoms with van der Waals surface area (Å²) in [6.07, 6.45) is 1.99. The van der Waals surface area contributed by atoms with Gasteiger partial charge in [0.25, 0.3) is 23.6 Å². The summed E-state index contributed by atoms with van der Waals surface area (Å²) in [5, 5.41) is 7.60. The number of benzene rings is 3. The standard InChI is InChI=1S/C29H24N4O6S/c1-38-23-10-7-17(15-24(23)39-2)11-13-33-27(36)19-9-8-18(16-21(19)28(33)37)25(34)31-22-6-4-3-5-20(22)26(35)32-29-30-12-14-40-29/h3-10,12,14-16H,11,13H2,1-2H3,(H,31,34)(H,30,32,35). The average Bonchev–Trinajstić information content (AvgIpc) is 3.57. The zero-order valence-electron chi connectivity index (χ0n) is 21.6. The lowest BCUT2D eigenvalue weighted by molar-refractivity contribution is 0.0655. The van der Waals surface area contributed by atoms with Crippen LogP contribution in [0.2, 0.25) is 0 Å². The number of carbonyl (C=O) groups is 4. The molecule has 2 heterocycles. The summed E-state index contributed by atoms with van der Waals surface area (Å²) >= 11 is 1.28. The van der Waals surface area contributed by atoms with Crippen LogP contribution in [0, 0.1) is 0 Å². The van der Waals surface area contributed by atoms with Crippen LogP contribution in [0.5, 0.6) is 11.5 Å². The fourth-order valence-corrected chi connectivity index (χ4v) is 4.87. The predicted molar refractivity (Wildman–Crippen MR) is 150 cm³/mol.